The number of carbonyl (C=O) groups excluding carboxylic acids is 3. The van der Waals surface area contributed by atoms with E-state index in [1.165, 1.54) is 24.3 Å². The number of aliphatic hydroxyl groups excluding tert-OH is 1. The average molecular weight is 878 g/mol. The van der Waals surface area contributed by atoms with Gasteiger partial charge in [0.2, 0.25) is 0 Å². The van der Waals surface area contributed by atoms with Crippen molar-refractivity contribution in [1.82, 2.24) is 4.90 Å². The van der Waals surface area contributed by atoms with Crippen molar-refractivity contribution in [2.24, 2.45) is 44.3 Å². The number of alkyl halides is 3. The summed E-state index contributed by atoms with van der Waals surface area (Å²) < 4.78 is 49.6. The molecule has 1 heterocycles. The lowest BCUT2D eigenvalue weighted by Crippen LogP contribution is -2.67. The number of benzene rings is 3. The molecule has 8 nitrogen and oxygen atoms in total. The number of allylic oxidation sites excluding steroid dienone is 4. The molecule has 7 aliphatic carbocycles. The minimum Gasteiger partial charge on any atom is -0.448 e. The molecule has 11 heteroatoms. The van der Waals surface area contributed by atoms with Gasteiger partial charge in [-0.15, -0.1) is 13.2 Å². The topological polar surface area (TPSA) is 113 Å². The van der Waals surface area contributed by atoms with Gasteiger partial charge in [-0.05, 0) is 111 Å². The van der Waals surface area contributed by atoms with Crippen LogP contribution in [0.25, 0.3) is 11.1 Å². The predicted molar refractivity (Wildman–Crippen MR) is 233 cm³/mol. The summed E-state index contributed by atoms with van der Waals surface area (Å²) in [7, 11) is 0. The number of fused-ring (bicyclic) bond motifs is 3. The van der Waals surface area contributed by atoms with E-state index in [-0.39, 0.29) is 36.1 Å². The van der Waals surface area contributed by atoms with Crippen molar-refractivity contribution in [1.29, 1.82) is 0 Å². The lowest BCUT2D eigenvalue weighted by Gasteiger charge is -2.71. The van der Waals surface area contributed by atoms with Crippen molar-refractivity contribution in [3.05, 3.63) is 114 Å². The van der Waals surface area contributed by atoms with E-state index >= 15 is 9.59 Å². The molecule has 0 aromatic heterocycles. The van der Waals surface area contributed by atoms with Crippen LogP contribution in [0.3, 0.4) is 0 Å². The Morgan fingerprint density at radius 2 is 1.44 bits per heavy atom. The van der Waals surface area contributed by atoms with Crippen LogP contribution in [-0.4, -0.2) is 63.0 Å². The number of amides is 1. The smallest absolute Gasteiger partial charge is 0.448 e. The molecular weight excluding hydrogens is 820 g/mol. The third-order valence-electron chi connectivity index (χ3n) is 18.9. The second kappa shape index (κ2) is 13.9. The monoisotopic (exact) mass is 877 g/mol. The number of nitrogens with zero attached hydrogens (tertiary/aromatic N) is 1. The largest absolute Gasteiger partial charge is 0.573 e. The van der Waals surface area contributed by atoms with E-state index in [4.69, 9.17) is 4.74 Å². The molecule has 11 rings (SSSR count). The number of hydrogen-bond acceptors (Lipinski definition) is 7. The van der Waals surface area contributed by atoms with E-state index in [0.29, 0.717) is 62.5 Å². The summed E-state index contributed by atoms with van der Waals surface area (Å²) in [6.45, 7) is 9.88. The van der Waals surface area contributed by atoms with Gasteiger partial charge in [-0.2, -0.15) is 0 Å². The third kappa shape index (κ3) is 5.70. The molecule has 64 heavy (non-hydrogen) atoms. The number of halogens is 3. The van der Waals surface area contributed by atoms with E-state index in [9.17, 15) is 28.2 Å². The number of Topliss-reactive ketones (excluding diaryl/α,β-unsaturated/α-hetero) is 1. The number of rotatable bonds is 9. The van der Waals surface area contributed by atoms with Crippen LogP contribution in [0.2, 0.25) is 0 Å². The number of aliphatic hydroxyl groups is 2. The molecule has 2 N–H and O–H groups in total. The van der Waals surface area contributed by atoms with Crippen molar-refractivity contribution >= 4 is 17.7 Å². The highest BCUT2D eigenvalue weighted by Crippen LogP contribution is 2.78. The normalized spacial score (nSPS) is 38.8. The molecule has 4 saturated carbocycles. The Kier molecular flexibility index (Phi) is 9.37. The van der Waals surface area contributed by atoms with Gasteiger partial charge < -0.3 is 24.6 Å². The lowest BCUT2D eigenvalue weighted by molar-refractivity contribution is -0.274. The van der Waals surface area contributed by atoms with Gasteiger partial charge in [0.15, 0.2) is 11.4 Å². The van der Waals surface area contributed by atoms with Crippen molar-refractivity contribution in [3.63, 3.8) is 0 Å². The average Bonchev–Trinajstić information content (AvgIpc) is 3.71. The summed E-state index contributed by atoms with van der Waals surface area (Å²) in [5, 5.41) is 24.7. The summed E-state index contributed by atoms with van der Waals surface area (Å²) in [4.78, 5) is 45.7. The van der Waals surface area contributed by atoms with E-state index < -0.39 is 68.4 Å². The van der Waals surface area contributed by atoms with Crippen LogP contribution < -0.4 is 4.74 Å². The summed E-state index contributed by atoms with van der Waals surface area (Å²) in [5.74, 6) is -1.47. The van der Waals surface area contributed by atoms with E-state index in [1.54, 1.807) is 4.90 Å². The summed E-state index contributed by atoms with van der Waals surface area (Å²) >= 11 is 0. The van der Waals surface area contributed by atoms with Crippen LogP contribution >= 0.6 is 0 Å². The van der Waals surface area contributed by atoms with E-state index in [2.05, 4.69) is 36.8 Å². The van der Waals surface area contributed by atoms with Crippen LogP contribution in [0, 0.1) is 44.3 Å². The van der Waals surface area contributed by atoms with Gasteiger partial charge >= 0.3 is 12.3 Å². The zero-order valence-corrected chi connectivity index (χ0v) is 37.3. The molecule has 3 aromatic rings. The highest BCUT2D eigenvalue weighted by molar-refractivity contribution is 6.11. The molecule has 1 aliphatic heterocycles. The Bertz CT molecular complexity index is 2480. The molecule has 1 amide bonds. The zero-order valence-electron chi connectivity index (χ0n) is 37.3. The Balaban J connectivity index is 1.04. The van der Waals surface area contributed by atoms with Crippen LogP contribution in [0.4, 0.5) is 13.2 Å². The number of ether oxygens (including phenoxy) is 2. The van der Waals surface area contributed by atoms with Gasteiger partial charge in [-0.25, -0.2) is 0 Å². The molecule has 1 saturated heterocycles. The molecule has 2 spiro atoms. The SMILES string of the molecule is CC12CCC(C(=O)N(Cc3ccc(OC(F)(F)F)cc3)CC3(O)CCC4C56C=CC7(C=C5C(=O)c5ccc(-c8ccccc8)cc5)CC(O)CCC7(C)C6CCC43C)(OC1=O)C2(C)C. The van der Waals surface area contributed by atoms with Crippen molar-refractivity contribution in [2.75, 3.05) is 6.54 Å². The van der Waals surface area contributed by atoms with Crippen LogP contribution in [0.1, 0.15) is 108 Å². The Morgan fingerprint density at radius 3 is 2.08 bits per heavy atom. The Morgan fingerprint density at radius 1 is 0.797 bits per heavy atom. The molecule has 338 valence electrons. The van der Waals surface area contributed by atoms with Crippen LogP contribution in [-0.2, 0) is 20.9 Å². The summed E-state index contributed by atoms with van der Waals surface area (Å²) in [5.41, 5.74) is -3.19. The van der Waals surface area contributed by atoms with Crippen molar-refractivity contribution < 1.29 is 47.2 Å². The molecule has 8 aliphatic rings. The van der Waals surface area contributed by atoms with Gasteiger partial charge in [-0.3, -0.25) is 14.4 Å². The lowest BCUT2D eigenvalue weighted by atomic mass is 9.32. The second-order valence-electron chi connectivity index (χ2n) is 21.6. The van der Waals surface area contributed by atoms with Crippen LogP contribution in [0.5, 0.6) is 5.75 Å². The van der Waals surface area contributed by atoms with Gasteiger partial charge in [0.05, 0.1) is 23.7 Å². The summed E-state index contributed by atoms with van der Waals surface area (Å²) in [6, 6.07) is 23.2. The van der Waals surface area contributed by atoms with E-state index in [1.807, 2.05) is 75.4 Å². The molecular formula is C53H58F3NO7. The van der Waals surface area contributed by atoms with Gasteiger partial charge in [-0.1, -0.05) is 113 Å². The van der Waals surface area contributed by atoms with Gasteiger partial charge in [0.25, 0.3) is 5.91 Å². The minimum atomic E-state index is -4.87. The summed E-state index contributed by atoms with van der Waals surface area (Å²) in [6.07, 6.45) is 6.37. The molecule has 0 radical (unpaired) electrons. The fourth-order valence-electron chi connectivity index (χ4n) is 14.7. The highest BCUT2D eigenvalue weighted by atomic mass is 19.4. The second-order valence-corrected chi connectivity index (χ2v) is 21.6. The fraction of sp³-hybridized carbons (Fsp3) is 0.528. The molecule has 5 fully saturated rings. The Hall–Kier alpha value is -4.74. The molecule has 10 atom stereocenters. The molecule has 4 bridgehead atoms. The minimum absolute atomic E-state index is 0.0504. The number of esters is 1. The maximum Gasteiger partial charge on any atom is 0.573 e. The van der Waals surface area contributed by atoms with Crippen molar-refractivity contribution in [2.45, 2.75) is 123 Å². The fourth-order valence-corrected chi connectivity index (χ4v) is 14.7. The highest BCUT2D eigenvalue weighted by Gasteiger charge is 2.78. The molecule has 3 aromatic carbocycles. The first kappa shape index (κ1) is 43.2. The molecule has 10 unspecified atom stereocenters. The third-order valence-corrected chi connectivity index (χ3v) is 18.9. The standard InChI is InChI=1S/C53H58F3NO7/c1-45(2)48(5)25-28-52(45,64-44(48)61)43(60)57(31-33-11-17-38(18-12-33)63-53(54,55)56)32-50(62)24-21-41-47(50,4)23-20-40-46(3)22-19-37(58)29-49(46)26-27-51(40,41)39(30-49)42(59)36-15-13-35(14-16-36)34-9-7-6-8-10-34/h6-18,26-27,30,37,40-41,58,62H,19-25,28-29,31-32H2,1-5H3. The van der Waals surface area contributed by atoms with Gasteiger partial charge in [0.1, 0.15) is 5.75 Å². The predicted octanol–water partition coefficient (Wildman–Crippen LogP) is 10.2. The first-order valence-electron chi connectivity index (χ1n) is 23.0. The van der Waals surface area contributed by atoms with E-state index in [0.717, 1.165) is 23.1 Å². The number of ketones is 1. The maximum atomic E-state index is 15.4. The number of hydrogen-bond donors (Lipinski definition) is 2. The quantitative estimate of drug-likeness (QED) is 0.125. The first-order valence-corrected chi connectivity index (χ1v) is 23.0. The zero-order chi connectivity index (χ0) is 45.5. The number of carbonyl (C=O) groups is 3. The van der Waals surface area contributed by atoms with Gasteiger partial charge in [0, 0.05) is 39.3 Å². The Labute approximate surface area is 372 Å². The van der Waals surface area contributed by atoms with Crippen molar-refractivity contribution in [3.8, 4) is 16.9 Å². The maximum absolute atomic E-state index is 15.4. The van der Waals surface area contributed by atoms with Crippen LogP contribution in [0.15, 0.2) is 103 Å². The first-order chi connectivity index (χ1) is 30.1.